The molecule has 18 heavy (non-hydrogen) atoms. The van der Waals surface area contributed by atoms with Crippen molar-refractivity contribution in [2.24, 2.45) is 0 Å². The van der Waals surface area contributed by atoms with Crippen molar-refractivity contribution >= 4 is 23.2 Å². The van der Waals surface area contributed by atoms with Crippen molar-refractivity contribution in [2.75, 3.05) is 13.7 Å². The van der Waals surface area contributed by atoms with E-state index in [0.717, 1.165) is 6.07 Å². The summed E-state index contributed by atoms with van der Waals surface area (Å²) in [5, 5.41) is 19.7. The summed E-state index contributed by atoms with van der Waals surface area (Å²) >= 11 is 5.66. The number of rotatable bonds is 4. The van der Waals surface area contributed by atoms with Crippen molar-refractivity contribution in [1.29, 1.82) is 0 Å². The molecule has 0 fully saturated rings. The molecule has 0 radical (unpaired) electrons. The van der Waals surface area contributed by atoms with Gasteiger partial charge >= 0.3 is 0 Å². The minimum Gasteiger partial charge on any atom is -0.394 e. The summed E-state index contributed by atoms with van der Waals surface area (Å²) in [7, 11) is 1.52. The van der Waals surface area contributed by atoms with Crippen LogP contribution in [0.15, 0.2) is 18.2 Å². The first-order chi connectivity index (χ1) is 8.38. The van der Waals surface area contributed by atoms with Crippen LogP contribution in [0.25, 0.3) is 0 Å². The van der Waals surface area contributed by atoms with Crippen molar-refractivity contribution < 1.29 is 14.8 Å². The fourth-order valence-corrected chi connectivity index (χ4v) is 1.50. The molecule has 0 spiro atoms. The van der Waals surface area contributed by atoms with Crippen LogP contribution in [-0.4, -0.2) is 40.5 Å². The van der Waals surface area contributed by atoms with Crippen LogP contribution in [0.5, 0.6) is 0 Å². The van der Waals surface area contributed by atoms with E-state index in [-0.39, 0.29) is 28.9 Å². The minimum atomic E-state index is -0.644. The van der Waals surface area contributed by atoms with Gasteiger partial charge in [0.2, 0.25) is 0 Å². The Morgan fingerprint density at radius 1 is 1.61 bits per heavy atom. The molecule has 6 nitrogen and oxygen atoms in total. The fraction of sp³-hybridized carbons (Fsp3) is 0.364. The predicted molar refractivity (Wildman–Crippen MR) is 66.7 cm³/mol. The lowest BCUT2D eigenvalue weighted by molar-refractivity contribution is -0.384. The number of nitro benzene ring substituents is 1. The topological polar surface area (TPSA) is 83.7 Å². The fourth-order valence-electron chi connectivity index (χ4n) is 1.31. The quantitative estimate of drug-likeness (QED) is 0.668. The Kier molecular flexibility index (Phi) is 4.63. The van der Waals surface area contributed by atoms with E-state index in [4.69, 9.17) is 16.7 Å². The van der Waals surface area contributed by atoms with E-state index in [1.165, 1.54) is 24.1 Å². The van der Waals surface area contributed by atoms with Crippen molar-refractivity contribution in [2.45, 2.75) is 13.0 Å². The molecule has 0 heterocycles. The third-order valence-electron chi connectivity index (χ3n) is 2.64. The van der Waals surface area contributed by atoms with Gasteiger partial charge in [-0.3, -0.25) is 14.9 Å². The number of hydrogen-bond acceptors (Lipinski definition) is 4. The maximum absolute atomic E-state index is 12.0. The zero-order chi connectivity index (χ0) is 13.9. The molecule has 98 valence electrons. The van der Waals surface area contributed by atoms with E-state index in [1.54, 1.807) is 6.92 Å². The molecule has 1 rings (SSSR count). The van der Waals surface area contributed by atoms with Crippen LogP contribution in [0, 0.1) is 10.1 Å². The van der Waals surface area contributed by atoms with E-state index in [1.807, 2.05) is 0 Å². The summed E-state index contributed by atoms with van der Waals surface area (Å²) < 4.78 is 0. The van der Waals surface area contributed by atoms with Gasteiger partial charge in [-0.1, -0.05) is 11.6 Å². The van der Waals surface area contributed by atoms with E-state index in [9.17, 15) is 14.9 Å². The summed E-state index contributed by atoms with van der Waals surface area (Å²) in [6.07, 6.45) is 0. The molecular formula is C11H13ClN2O4. The average molecular weight is 273 g/mol. The molecule has 1 N–H and O–H groups in total. The largest absolute Gasteiger partial charge is 0.394 e. The van der Waals surface area contributed by atoms with Gasteiger partial charge in [0, 0.05) is 18.7 Å². The van der Waals surface area contributed by atoms with Gasteiger partial charge in [0.05, 0.1) is 17.6 Å². The first kappa shape index (κ1) is 14.4. The van der Waals surface area contributed by atoms with Crippen LogP contribution < -0.4 is 0 Å². The second-order valence-electron chi connectivity index (χ2n) is 3.87. The summed E-state index contributed by atoms with van der Waals surface area (Å²) in [6.45, 7) is 1.49. The Morgan fingerprint density at radius 3 is 2.72 bits per heavy atom. The zero-order valence-corrected chi connectivity index (χ0v) is 10.7. The number of likely N-dealkylation sites (N-methyl/N-ethyl adjacent to an activating group) is 1. The molecule has 1 atom stereocenters. The molecule has 0 aliphatic heterocycles. The number of carbonyl (C=O) groups excluding carboxylic acids is 1. The molecule has 0 aliphatic carbocycles. The van der Waals surface area contributed by atoms with Gasteiger partial charge in [-0.2, -0.15) is 0 Å². The molecule has 0 saturated heterocycles. The standard InChI is InChI=1S/C11H13ClN2O4/c1-7(6-15)13(2)11(16)8-3-4-9(12)10(5-8)14(17)18/h3-5,7,15H,6H2,1-2H3. The smallest absolute Gasteiger partial charge is 0.288 e. The highest BCUT2D eigenvalue weighted by atomic mass is 35.5. The summed E-state index contributed by atoms with van der Waals surface area (Å²) in [5.74, 6) is -0.406. The highest BCUT2D eigenvalue weighted by molar-refractivity contribution is 6.32. The average Bonchev–Trinajstić information content (AvgIpc) is 2.36. The molecule has 1 unspecified atom stereocenters. The monoisotopic (exact) mass is 272 g/mol. The Hall–Kier alpha value is -1.66. The molecule has 0 aliphatic rings. The van der Waals surface area contributed by atoms with E-state index >= 15 is 0 Å². The van der Waals surface area contributed by atoms with Gasteiger partial charge in [0.15, 0.2) is 0 Å². The van der Waals surface area contributed by atoms with Crippen molar-refractivity contribution in [3.05, 3.63) is 38.9 Å². The number of benzene rings is 1. The summed E-state index contributed by atoms with van der Waals surface area (Å²) in [6, 6.07) is 3.49. The van der Waals surface area contributed by atoms with Gasteiger partial charge in [-0.25, -0.2) is 0 Å². The molecule has 0 bridgehead atoms. The van der Waals surface area contributed by atoms with Crippen molar-refractivity contribution in [3.63, 3.8) is 0 Å². The minimum absolute atomic E-state index is 0.0191. The van der Waals surface area contributed by atoms with Crippen LogP contribution in [0.1, 0.15) is 17.3 Å². The van der Waals surface area contributed by atoms with Crippen LogP contribution in [0.4, 0.5) is 5.69 Å². The Morgan fingerprint density at radius 2 is 2.22 bits per heavy atom. The third kappa shape index (κ3) is 2.96. The molecular weight excluding hydrogens is 260 g/mol. The summed E-state index contributed by atoms with van der Waals surface area (Å²) in [4.78, 5) is 23.4. The van der Waals surface area contributed by atoms with Crippen LogP contribution >= 0.6 is 11.6 Å². The molecule has 1 amide bonds. The molecule has 1 aromatic carbocycles. The number of halogens is 1. The van der Waals surface area contributed by atoms with Gasteiger partial charge < -0.3 is 10.0 Å². The maximum atomic E-state index is 12.0. The van der Waals surface area contributed by atoms with E-state index in [2.05, 4.69) is 0 Å². The maximum Gasteiger partial charge on any atom is 0.288 e. The highest BCUT2D eigenvalue weighted by Crippen LogP contribution is 2.25. The Labute approximate surface area is 109 Å². The van der Waals surface area contributed by atoms with Gasteiger partial charge in [0.25, 0.3) is 11.6 Å². The number of amides is 1. The molecule has 0 saturated carbocycles. The first-order valence-corrected chi connectivity index (χ1v) is 5.58. The lowest BCUT2D eigenvalue weighted by Gasteiger charge is -2.23. The molecule has 1 aromatic rings. The second-order valence-corrected chi connectivity index (χ2v) is 4.28. The molecule has 7 heteroatoms. The second kappa shape index (κ2) is 5.79. The molecule has 0 aromatic heterocycles. The summed E-state index contributed by atoms with van der Waals surface area (Å²) in [5.41, 5.74) is -0.151. The Balaban J connectivity index is 3.07. The van der Waals surface area contributed by atoms with E-state index < -0.39 is 10.8 Å². The Bertz CT molecular complexity index is 478. The van der Waals surface area contributed by atoms with Crippen molar-refractivity contribution in [1.82, 2.24) is 4.90 Å². The predicted octanol–water partition coefficient (Wildman–Crippen LogP) is 1.70. The van der Waals surface area contributed by atoms with Crippen LogP contribution in [0.3, 0.4) is 0 Å². The number of carbonyl (C=O) groups is 1. The lowest BCUT2D eigenvalue weighted by atomic mass is 10.1. The van der Waals surface area contributed by atoms with E-state index in [0.29, 0.717) is 0 Å². The SMILES string of the molecule is CC(CO)N(C)C(=O)c1ccc(Cl)c([N+](=O)[O-])c1. The third-order valence-corrected chi connectivity index (χ3v) is 2.96. The van der Waals surface area contributed by atoms with Gasteiger partial charge in [0.1, 0.15) is 5.02 Å². The first-order valence-electron chi connectivity index (χ1n) is 5.20. The number of hydrogen-bond donors (Lipinski definition) is 1. The van der Waals surface area contributed by atoms with Gasteiger partial charge in [-0.05, 0) is 19.1 Å². The highest BCUT2D eigenvalue weighted by Gasteiger charge is 2.20. The van der Waals surface area contributed by atoms with Crippen LogP contribution in [0.2, 0.25) is 5.02 Å². The number of aliphatic hydroxyl groups excluding tert-OH is 1. The lowest BCUT2D eigenvalue weighted by Crippen LogP contribution is -2.37. The van der Waals surface area contributed by atoms with Gasteiger partial charge in [-0.15, -0.1) is 0 Å². The number of nitrogens with zero attached hydrogens (tertiary/aromatic N) is 2. The van der Waals surface area contributed by atoms with Crippen LogP contribution in [-0.2, 0) is 0 Å². The van der Waals surface area contributed by atoms with Crippen molar-refractivity contribution in [3.8, 4) is 0 Å². The zero-order valence-electron chi connectivity index (χ0n) is 9.96. The number of aliphatic hydroxyl groups is 1. The normalized spacial score (nSPS) is 12.0. The number of nitro groups is 1.